The lowest BCUT2D eigenvalue weighted by atomic mass is 10.0. The summed E-state index contributed by atoms with van der Waals surface area (Å²) < 4.78 is 11.4. The van der Waals surface area contributed by atoms with Crippen LogP contribution in [0.2, 0.25) is 0 Å². The van der Waals surface area contributed by atoms with Gasteiger partial charge >= 0.3 is 0 Å². The molecule has 1 N–H and O–H groups in total. The maximum atomic E-state index is 13.7. The summed E-state index contributed by atoms with van der Waals surface area (Å²) in [5.74, 6) is -0.495. The van der Waals surface area contributed by atoms with Crippen LogP contribution < -0.4 is 15.0 Å². The van der Waals surface area contributed by atoms with Crippen molar-refractivity contribution in [3.05, 3.63) is 59.8 Å². The van der Waals surface area contributed by atoms with Gasteiger partial charge in [0, 0.05) is 31.3 Å². The molecule has 0 aromatic heterocycles. The molecule has 2 unspecified atom stereocenters. The lowest BCUT2D eigenvalue weighted by Gasteiger charge is -2.37. The predicted octanol–water partition coefficient (Wildman–Crippen LogP) is 3.05. The van der Waals surface area contributed by atoms with Crippen molar-refractivity contribution in [2.75, 3.05) is 30.4 Å². The van der Waals surface area contributed by atoms with E-state index in [0.29, 0.717) is 47.0 Å². The molecule has 0 bridgehead atoms. The van der Waals surface area contributed by atoms with Gasteiger partial charge in [-0.2, -0.15) is 0 Å². The van der Waals surface area contributed by atoms with E-state index in [2.05, 4.69) is 5.32 Å². The lowest BCUT2D eigenvalue weighted by molar-refractivity contribution is -0.121. The molecule has 0 aliphatic carbocycles. The van der Waals surface area contributed by atoms with Crippen LogP contribution in [-0.2, 0) is 19.1 Å². The summed E-state index contributed by atoms with van der Waals surface area (Å²) in [5.41, 5.74) is 2.23. The van der Waals surface area contributed by atoms with E-state index in [0.717, 1.165) is 0 Å². The predicted molar refractivity (Wildman–Crippen MR) is 125 cm³/mol. The molecule has 8 heteroatoms. The highest BCUT2D eigenvalue weighted by Gasteiger charge is 2.44. The smallest absolute Gasteiger partial charge is 0.282 e. The summed E-state index contributed by atoms with van der Waals surface area (Å²) in [7, 11) is 1.54. The molecule has 2 aromatic carbocycles. The van der Waals surface area contributed by atoms with Crippen LogP contribution in [0.15, 0.2) is 54.2 Å². The molecule has 2 aliphatic heterocycles. The van der Waals surface area contributed by atoms with Gasteiger partial charge in [0.25, 0.3) is 11.8 Å². The first-order valence-electron chi connectivity index (χ1n) is 10.8. The van der Waals surface area contributed by atoms with E-state index < -0.39 is 11.8 Å². The van der Waals surface area contributed by atoms with Gasteiger partial charge in [0.1, 0.15) is 11.4 Å². The Bertz CT molecular complexity index is 1120. The van der Waals surface area contributed by atoms with Crippen LogP contribution in [0.25, 0.3) is 5.57 Å². The van der Waals surface area contributed by atoms with E-state index in [1.165, 1.54) is 18.9 Å². The lowest BCUT2D eigenvalue weighted by Crippen LogP contribution is -2.47. The number of carbonyl (C=O) groups excluding carboxylic acids is 3. The molecule has 2 heterocycles. The first-order chi connectivity index (χ1) is 15.8. The topological polar surface area (TPSA) is 88.2 Å². The molecule has 3 amide bonds. The highest BCUT2D eigenvalue weighted by molar-refractivity contribution is 6.45. The molecule has 1 saturated heterocycles. The van der Waals surface area contributed by atoms with Gasteiger partial charge in [-0.15, -0.1) is 0 Å². The third kappa shape index (κ3) is 4.34. The third-order valence-electron chi connectivity index (χ3n) is 5.62. The van der Waals surface area contributed by atoms with Gasteiger partial charge in [0.2, 0.25) is 5.91 Å². The number of methoxy groups -OCH3 is 1. The second kappa shape index (κ2) is 9.07. The number of hydrogen-bond donors (Lipinski definition) is 1. The Hall–Kier alpha value is -3.65. The average molecular weight is 450 g/mol. The molecule has 0 spiro atoms. The van der Waals surface area contributed by atoms with Crippen LogP contribution in [0.1, 0.15) is 26.3 Å². The van der Waals surface area contributed by atoms with Crippen molar-refractivity contribution in [1.82, 2.24) is 4.90 Å². The average Bonchev–Trinajstić information content (AvgIpc) is 3.03. The van der Waals surface area contributed by atoms with Crippen LogP contribution >= 0.6 is 0 Å². The number of morpholine rings is 1. The van der Waals surface area contributed by atoms with E-state index in [-0.39, 0.29) is 18.1 Å². The monoisotopic (exact) mass is 449 g/mol. The molecule has 172 valence electrons. The molecular formula is C25H27N3O5. The minimum Gasteiger partial charge on any atom is -0.496 e. The zero-order valence-electron chi connectivity index (χ0n) is 19.1. The summed E-state index contributed by atoms with van der Waals surface area (Å²) in [4.78, 5) is 41.9. The number of carbonyl (C=O) groups is 3. The summed E-state index contributed by atoms with van der Waals surface area (Å²) in [6, 6.07) is 13.8. The highest BCUT2D eigenvalue weighted by Crippen LogP contribution is 2.39. The summed E-state index contributed by atoms with van der Waals surface area (Å²) >= 11 is 0. The van der Waals surface area contributed by atoms with Crippen LogP contribution in [0, 0.1) is 0 Å². The van der Waals surface area contributed by atoms with Crippen LogP contribution in [0.4, 0.5) is 11.4 Å². The van der Waals surface area contributed by atoms with Crippen molar-refractivity contribution in [3.63, 3.8) is 0 Å². The third-order valence-corrected chi connectivity index (χ3v) is 5.62. The normalized spacial score (nSPS) is 21.0. The van der Waals surface area contributed by atoms with E-state index in [4.69, 9.17) is 9.47 Å². The quantitative estimate of drug-likeness (QED) is 0.706. The molecule has 1 fully saturated rings. The molecule has 2 atom stereocenters. The minimum atomic E-state index is -0.418. The number of amides is 3. The van der Waals surface area contributed by atoms with Gasteiger partial charge in [0.05, 0.1) is 30.6 Å². The Balaban J connectivity index is 1.80. The van der Waals surface area contributed by atoms with Gasteiger partial charge in [-0.05, 0) is 44.2 Å². The Labute approximate surface area is 192 Å². The van der Waals surface area contributed by atoms with Gasteiger partial charge in [-0.25, -0.2) is 4.90 Å². The fourth-order valence-corrected chi connectivity index (χ4v) is 4.40. The summed E-state index contributed by atoms with van der Waals surface area (Å²) in [6.07, 6.45) is -0.178. The second-order valence-electron chi connectivity index (χ2n) is 8.26. The van der Waals surface area contributed by atoms with E-state index in [1.54, 1.807) is 36.4 Å². The number of nitrogens with zero attached hydrogens (tertiary/aromatic N) is 2. The molecule has 0 saturated carbocycles. The van der Waals surface area contributed by atoms with Crippen molar-refractivity contribution in [3.8, 4) is 5.75 Å². The van der Waals surface area contributed by atoms with Crippen LogP contribution in [0.5, 0.6) is 5.75 Å². The van der Waals surface area contributed by atoms with E-state index in [9.17, 15) is 14.4 Å². The Morgan fingerprint density at radius 3 is 2.24 bits per heavy atom. The zero-order chi connectivity index (χ0) is 23.7. The Morgan fingerprint density at radius 2 is 1.64 bits per heavy atom. The van der Waals surface area contributed by atoms with Crippen molar-refractivity contribution >= 4 is 34.7 Å². The van der Waals surface area contributed by atoms with Gasteiger partial charge in [-0.1, -0.05) is 18.2 Å². The number of rotatable bonds is 5. The minimum absolute atomic E-state index is 0.0888. The molecule has 0 radical (unpaired) electrons. The van der Waals surface area contributed by atoms with Crippen molar-refractivity contribution < 1.29 is 23.9 Å². The molecule has 2 aliphatic rings. The largest absolute Gasteiger partial charge is 0.496 e. The zero-order valence-corrected chi connectivity index (χ0v) is 19.1. The number of anilines is 2. The van der Waals surface area contributed by atoms with E-state index >= 15 is 0 Å². The number of imide groups is 1. The number of nitrogens with one attached hydrogen (secondary N) is 1. The fraction of sp³-hybridized carbons (Fsp3) is 0.320. The number of benzene rings is 2. The highest BCUT2D eigenvalue weighted by atomic mass is 16.5. The molecular weight excluding hydrogens is 422 g/mol. The SMILES string of the molecule is COc1ccccc1C1=C(N2CC(C)OC(C)C2)C(=O)N(c2ccc(NC(C)=O)cc2)C1=O. The van der Waals surface area contributed by atoms with E-state index in [1.807, 2.05) is 30.9 Å². The van der Waals surface area contributed by atoms with Gasteiger partial charge in [-0.3, -0.25) is 14.4 Å². The second-order valence-corrected chi connectivity index (χ2v) is 8.26. The van der Waals surface area contributed by atoms with Crippen LogP contribution in [0.3, 0.4) is 0 Å². The summed E-state index contributed by atoms with van der Waals surface area (Å²) in [5, 5.41) is 2.69. The number of para-hydroxylation sites is 1. The van der Waals surface area contributed by atoms with Crippen molar-refractivity contribution in [1.29, 1.82) is 0 Å². The molecule has 33 heavy (non-hydrogen) atoms. The first-order valence-corrected chi connectivity index (χ1v) is 10.8. The Kier molecular flexibility index (Phi) is 6.20. The van der Waals surface area contributed by atoms with Crippen LogP contribution in [-0.4, -0.2) is 55.0 Å². The number of hydrogen-bond acceptors (Lipinski definition) is 6. The molecule has 4 rings (SSSR count). The first kappa shape index (κ1) is 22.5. The number of ether oxygens (including phenoxy) is 2. The Morgan fingerprint density at radius 1 is 1.00 bits per heavy atom. The standard InChI is InChI=1S/C25H27N3O5/c1-15-13-27(14-16(2)33-15)23-22(20-7-5-6-8-21(20)32-4)24(30)28(25(23)31)19-11-9-18(10-12-19)26-17(3)29/h5-12,15-16H,13-14H2,1-4H3,(H,26,29). The maximum Gasteiger partial charge on any atom is 0.282 e. The van der Waals surface area contributed by atoms with Gasteiger partial charge < -0.3 is 19.7 Å². The summed E-state index contributed by atoms with van der Waals surface area (Å²) in [6.45, 7) is 6.30. The maximum absolute atomic E-state index is 13.7. The fourth-order valence-electron chi connectivity index (χ4n) is 4.40. The van der Waals surface area contributed by atoms with Crippen molar-refractivity contribution in [2.24, 2.45) is 0 Å². The van der Waals surface area contributed by atoms with Crippen molar-refractivity contribution in [2.45, 2.75) is 33.0 Å². The van der Waals surface area contributed by atoms with Gasteiger partial charge in [0.15, 0.2) is 0 Å². The molecule has 2 aromatic rings. The molecule has 8 nitrogen and oxygen atoms in total.